The normalized spacial score (nSPS) is 16.7. The first-order valence-electron chi connectivity index (χ1n) is 15.6. The van der Waals surface area contributed by atoms with E-state index in [0.29, 0.717) is 43.2 Å². The molecule has 0 bridgehead atoms. The summed E-state index contributed by atoms with van der Waals surface area (Å²) in [7, 11) is 5.18. The van der Waals surface area contributed by atoms with Gasteiger partial charge in [0.1, 0.15) is 0 Å². The number of non-ortho nitro benzene ring substituents is 1. The van der Waals surface area contributed by atoms with Gasteiger partial charge in [0.25, 0.3) is 11.2 Å². The number of quaternary nitrogens is 1. The summed E-state index contributed by atoms with van der Waals surface area (Å²) in [4.78, 5) is 48.6. The highest BCUT2D eigenvalue weighted by atomic mass is 32.1. The van der Waals surface area contributed by atoms with Gasteiger partial charge in [0.15, 0.2) is 16.3 Å². The zero-order valence-corrected chi connectivity index (χ0v) is 27.9. The Morgan fingerprint density at radius 3 is 2.46 bits per heavy atom. The van der Waals surface area contributed by atoms with Crippen molar-refractivity contribution in [3.8, 4) is 11.5 Å². The van der Waals surface area contributed by atoms with Crippen LogP contribution in [0.3, 0.4) is 0 Å². The molecule has 248 valence electrons. The number of likely N-dealkylation sites (N-methyl/N-ethyl adjacent to an activating group) is 1. The number of methoxy groups -OCH3 is 2. The highest BCUT2D eigenvalue weighted by Crippen LogP contribution is 2.38. The van der Waals surface area contributed by atoms with Crippen LogP contribution in [-0.2, 0) is 9.53 Å². The molecule has 0 spiro atoms. The molecule has 0 saturated carbocycles. The number of anilines is 1. The fourth-order valence-electron chi connectivity index (χ4n) is 6.11. The lowest BCUT2D eigenvalue weighted by Gasteiger charge is -2.32. The molecule has 2 aliphatic heterocycles. The predicted molar refractivity (Wildman–Crippen MR) is 183 cm³/mol. The number of esters is 1. The van der Waals surface area contributed by atoms with Crippen molar-refractivity contribution in [3.63, 3.8) is 0 Å². The second kappa shape index (κ2) is 13.8. The second-order valence-corrected chi connectivity index (χ2v) is 12.5. The third-order valence-corrected chi connectivity index (χ3v) is 9.55. The Labute approximate surface area is 280 Å². The van der Waals surface area contributed by atoms with Crippen molar-refractivity contribution in [3.05, 3.63) is 119 Å². The number of nitro groups is 1. The fraction of sp³-hybridized carbons (Fsp3) is 0.286. The Morgan fingerprint density at radius 1 is 1.06 bits per heavy atom. The maximum atomic E-state index is 14.5. The summed E-state index contributed by atoms with van der Waals surface area (Å²) < 4.78 is 18.4. The molecule has 1 atom stereocenters. The zero-order valence-electron chi connectivity index (χ0n) is 27.1. The standard InChI is InChI=1S/C35H35N5O7S/c1-5-47-34(42)30-31(22-9-7-6-8-10-22)36-35-39(32(30)23-11-14-27(45-3)28(20-23)46-4)33(41)29(48-35)21-24-19-25(40(43)44)12-13-26(24)38-17-15-37(2)16-18-38/h6-14,19-21,32H,5,15-18H2,1-4H3/p+1/b29-21+/t32-/m1/s1. The number of nitro benzene ring substituents is 1. The van der Waals surface area contributed by atoms with Crippen LogP contribution in [0.1, 0.15) is 29.7 Å². The number of carbonyl (C=O) groups is 1. The summed E-state index contributed by atoms with van der Waals surface area (Å²) in [6.07, 6.45) is 1.69. The molecule has 0 amide bonds. The molecular formula is C35H36N5O7S+. The molecule has 0 aliphatic carbocycles. The first-order chi connectivity index (χ1) is 23.2. The predicted octanol–water partition coefficient (Wildman–Crippen LogP) is 2.20. The monoisotopic (exact) mass is 670 g/mol. The number of nitrogens with zero attached hydrogens (tertiary/aromatic N) is 4. The van der Waals surface area contributed by atoms with Crippen molar-refractivity contribution in [1.29, 1.82) is 0 Å². The fourth-order valence-corrected chi connectivity index (χ4v) is 7.10. The van der Waals surface area contributed by atoms with Crippen LogP contribution in [0.2, 0.25) is 0 Å². The van der Waals surface area contributed by atoms with E-state index >= 15 is 0 Å². The summed E-state index contributed by atoms with van der Waals surface area (Å²) in [5.74, 6) is 0.309. The molecule has 1 N–H and O–H groups in total. The zero-order chi connectivity index (χ0) is 33.9. The maximum absolute atomic E-state index is 14.5. The minimum Gasteiger partial charge on any atom is -0.493 e. The van der Waals surface area contributed by atoms with E-state index < -0.39 is 22.5 Å². The van der Waals surface area contributed by atoms with E-state index in [1.165, 1.54) is 35.8 Å². The molecule has 13 heteroatoms. The van der Waals surface area contributed by atoms with Crippen LogP contribution in [0.4, 0.5) is 11.4 Å². The summed E-state index contributed by atoms with van der Waals surface area (Å²) in [5.41, 5.74) is 2.76. The molecule has 0 radical (unpaired) electrons. The van der Waals surface area contributed by atoms with Crippen molar-refractivity contribution in [2.75, 3.05) is 59.0 Å². The van der Waals surface area contributed by atoms with E-state index in [0.717, 1.165) is 43.2 Å². The first kappa shape index (κ1) is 32.7. The Balaban J connectivity index is 1.62. The van der Waals surface area contributed by atoms with Gasteiger partial charge in [-0.3, -0.25) is 19.5 Å². The van der Waals surface area contributed by atoms with E-state index in [2.05, 4.69) is 11.9 Å². The number of nitrogens with one attached hydrogen (secondary N) is 1. The number of benzene rings is 3. The highest BCUT2D eigenvalue weighted by molar-refractivity contribution is 7.07. The van der Waals surface area contributed by atoms with Gasteiger partial charge in [-0.1, -0.05) is 47.7 Å². The van der Waals surface area contributed by atoms with E-state index in [9.17, 15) is 19.7 Å². The number of ether oxygens (including phenoxy) is 3. The van der Waals surface area contributed by atoms with Crippen LogP contribution in [0, 0.1) is 10.1 Å². The Morgan fingerprint density at radius 2 is 1.79 bits per heavy atom. The molecule has 2 aliphatic rings. The number of fused-ring (bicyclic) bond motifs is 1. The topological polar surface area (TPSA) is 130 Å². The Kier molecular flexibility index (Phi) is 9.42. The number of carbonyl (C=O) groups excluding carboxylic acids is 1. The molecule has 0 unspecified atom stereocenters. The minimum absolute atomic E-state index is 0.0725. The van der Waals surface area contributed by atoms with Crippen molar-refractivity contribution in [2.45, 2.75) is 13.0 Å². The van der Waals surface area contributed by atoms with Gasteiger partial charge < -0.3 is 24.0 Å². The van der Waals surface area contributed by atoms with Gasteiger partial charge in [-0.2, -0.15) is 0 Å². The molecule has 48 heavy (non-hydrogen) atoms. The number of hydrogen-bond acceptors (Lipinski definition) is 10. The van der Waals surface area contributed by atoms with Gasteiger partial charge in [0.05, 0.1) is 80.8 Å². The van der Waals surface area contributed by atoms with Crippen LogP contribution in [-0.4, -0.2) is 69.5 Å². The summed E-state index contributed by atoms with van der Waals surface area (Å²) in [6, 6.07) is 18.3. The quantitative estimate of drug-likeness (QED) is 0.163. The number of piperazine rings is 1. The number of aromatic nitrogens is 1. The summed E-state index contributed by atoms with van der Waals surface area (Å²) in [6.45, 7) is 5.23. The first-order valence-corrected chi connectivity index (χ1v) is 16.4. The molecule has 4 aromatic rings. The van der Waals surface area contributed by atoms with Gasteiger partial charge >= 0.3 is 5.97 Å². The minimum atomic E-state index is -0.928. The van der Waals surface area contributed by atoms with E-state index in [1.807, 2.05) is 30.3 Å². The molecule has 1 aromatic heterocycles. The molecule has 3 aromatic carbocycles. The molecule has 3 heterocycles. The van der Waals surface area contributed by atoms with E-state index in [-0.39, 0.29) is 17.9 Å². The lowest BCUT2D eigenvalue weighted by atomic mass is 9.93. The third-order valence-electron chi connectivity index (χ3n) is 8.56. The van der Waals surface area contributed by atoms with Gasteiger partial charge in [-0.05, 0) is 36.8 Å². The SMILES string of the molecule is CCOC(=O)C1=C(c2ccccc2)N=c2s/c(=C/c3cc([N+](=O)[O-])ccc3N3CC[NH+](C)CC3)c(=O)n2[C@@H]1c1ccc(OC)c(OC)c1. The van der Waals surface area contributed by atoms with E-state index in [4.69, 9.17) is 19.2 Å². The molecular weight excluding hydrogens is 634 g/mol. The third kappa shape index (κ3) is 6.21. The summed E-state index contributed by atoms with van der Waals surface area (Å²) >= 11 is 1.16. The molecule has 6 rings (SSSR count). The van der Waals surface area contributed by atoms with Crippen LogP contribution in [0.25, 0.3) is 11.8 Å². The summed E-state index contributed by atoms with van der Waals surface area (Å²) in [5, 5.41) is 11.8. The maximum Gasteiger partial charge on any atom is 0.338 e. The smallest absolute Gasteiger partial charge is 0.338 e. The number of hydrogen-bond donors (Lipinski definition) is 1. The average molecular weight is 671 g/mol. The van der Waals surface area contributed by atoms with Gasteiger partial charge in [0.2, 0.25) is 0 Å². The van der Waals surface area contributed by atoms with Gasteiger partial charge in [0, 0.05) is 28.9 Å². The molecule has 12 nitrogen and oxygen atoms in total. The Hall–Kier alpha value is -5.27. The van der Waals surface area contributed by atoms with Crippen LogP contribution < -0.4 is 34.2 Å². The van der Waals surface area contributed by atoms with Crippen molar-refractivity contribution < 1.29 is 28.8 Å². The number of rotatable bonds is 9. The van der Waals surface area contributed by atoms with Gasteiger partial charge in [-0.25, -0.2) is 9.79 Å². The van der Waals surface area contributed by atoms with Crippen LogP contribution >= 0.6 is 11.3 Å². The second-order valence-electron chi connectivity index (χ2n) is 11.5. The van der Waals surface area contributed by atoms with Crippen molar-refractivity contribution >= 4 is 40.5 Å². The molecule has 1 fully saturated rings. The van der Waals surface area contributed by atoms with Crippen LogP contribution in [0.15, 0.2) is 82.1 Å². The van der Waals surface area contributed by atoms with Crippen molar-refractivity contribution in [1.82, 2.24) is 4.57 Å². The van der Waals surface area contributed by atoms with Crippen molar-refractivity contribution in [2.24, 2.45) is 4.99 Å². The lowest BCUT2D eigenvalue weighted by Crippen LogP contribution is -3.12. The molecule has 1 saturated heterocycles. The number of thiazole rings is 1. The van der Waals surface area contributed by atoms with Gasteiger partial charge in [-0.15, -0.1) is 0 Å². The highest BCUT2D eigenvalue weighted by Gasteiger charge is 2.36. The van der Waals surface area contributed by atoms with Crippen LogP contribution in [0.5, 0.6) is 11.5 Å². The Bertz CT molecular complexity index is 2080. The van der Waals surface area contributed by atoms with E-state index in [1.54, 1.807) is 37.3 Å². The largest absolute Gasteiger partial charge is 0.493 e. The average Bonchev–Trinajstić information content (AvgIpc) is 3.41. The lowest BCUT2D eigenvalue weighted by molar-refractivity contribution is -0.880.